The van der Waals surface area contributed by atoms with Crippen molar-refractivity contribution >= 4 is 0 Å². The van der Waals surface area contributed by atoms with Gasteiger partial charge in [-0.15, -0.1) is 0 Å². The van der Waals surface area contributed by atoms with Crippen LogP contribution in [0, 0.1) is 11.3 Å². The van der Waals surface area contributed by atoms with Crippen molar-refractivity contribution in [3.63, 3.8) is 0 Å². The Hall–Kier alpha value is -1.30. The zero-order chi connectivity index (χ0) is 23.4. The average molecular weight is 425 g/mol. The van der Waals surface area contributed by atoms with Crippen LogP contribution in [0.2, 0.25) is 0 Å². The van der Waals surface area contributed by atoms with Gasteiger partial charge in [0.1, 0.15) is 0 Å². The first kappa shape index (κ1) is 27.7. The fraction of sp³-hybridized carbons (Fsp3) is 0.677. The van der Waals surface area contributed by atoms with E-state index in [0.29, 0.717) is 11.3 Å². The lowest BCUT2D eigenvalue weighted by Gasteiger charge is -2.47. The topological polar surface area (TPSA) is 0 Å². The monoisotopic (exact) mass is 424 g/mol. The maximum atomic E-state index is 4.41. The van der Waals surface area contributed by atoms with Gasteiger partial charge >= 0.3 is 0 Å². The van der Waals surface area contributed by atoms with Gasteiger partial charge in [-0.25, -0.2) is 0 Å². The van der Waals surface area contributed by atoms with Gasteiger partial charge in [-0.05, 0) is 84.5 Å². The van der Waals surface area contributed by atoms with Gasteiger partial charge in [0.15, 0.2) is 0 Å². The van der Waals surface area contributed by atoms with Gasteiger partial charge in [-0.2, -0.15) is 0 Å². The highest BCUT2D eigenvalue weighted by Gasteiger charge is 2.42. The molecule has 0 N–H and O–H groups in total. The summed E-state index contributed by atoms with van der Waals surface area (Å²) < 4.78 is 0. The van der Waals surface area contributed by atoms with Gasteiger partial charge in [0.2, 0.25) is 0 Å². The Morgan fingerprint density at radius 2 is 1.65 bits per heavy atom. The third kappa shape index (κ3) is 7.37. The number of rotatable bonds is 8. The van der Waals surface area contributed by atoms with Crippen LogP contribution in [0.15, 0.2) is 36.4 Å². The zero-order valence-electron chi connectivity index (χ0n) is 22.2. The average Bonchev–Trinajstić information content (AvgIpc) is 2.76. The molecule has 2 aliphatic rings. The van der Waals surface area contributed by atoms with Gasteiger partial charge in [-0.1, -0.05) is 111 Å². The van der Waals surface area contributed by atoms with E-state index in [2.05, 4.69) is 58.6 Å². The fourth-order valence-electron chi connectivity index (χ4n) is 5.67. The molecule has 0 fully saturated rings. The van der Waals surface area contributed by atoms with Crippen molar-refractivity contribution in [2.75, 3.05) is 0 Å². The van der Waals surface area contributed by atoms with Crippen molar-refractivity contribution < 1.29 is 0 Å². The van der Waals surface area contributed by atoms with Gasteiger partial charge < -0.3 is 0 Å². The standard InChI is InChI=1S/C27H40.2C2H6/c1-6-8-9-13-21-17-22(16-20(3)12-7-2)26-23(18-21)19-27(4,5)25-15-11-10-14-24(25)26;2*1-2/h10-11,17-18,24-25H,3,6-9,12-16,19H2,1-2,4-5H3;2*1-2H3. The normalized spacial score (nSPS) is 20.4. The van der Waals surface area contributed by atoms with Gasteiger partial charge in [-0.3, -0.25) is 0 Å². The Bertz CT molecular complexity index is 688. The highest BCUT2D eigenvalue weighted by Crippen LogP contribution is 2.53. The molecule has 2 atom stereocenters. The first-order valence-corrected chi connectivity index (χ1v) is 13.4. The van der Waals surface area contributed by atoms with Crippen molar-refractivity contribution in [3.05, 3.63) is 58.7 Å². The number of hydrogen-bond acceptors (Lipinski definition) is 0. The van der Waals surface area contributed by atoms with E-state index in [0.717, 1.165) is 18.8 Å². The smallest absolute Gasteiger partial charge is 0.00668 e. The summed E-state index contributed by atoms with van der Waals surface area (Å²) in [7, 11) is 0. The predicted octanol–water partition coefficient (Wildman–Crippen LogP) is 10.0. The highest BCUT2D eigenvalue weighted by atomic mass is 14.5. The summed E-state index contributed by atoms with van der Waals surface area (Å²) in [6, 6.07) is 5.14. The Labute approximate surface area is 195 Å². The molecule has 0 saturated carbocycles. The maximum Gasteiger partial charge on any atom is -0.00668 e. The van der Waals surface area contributed by atoms with Crippen molar-refractivity contribution in [2.24, 2.45) is 11.3 Å². The molecular formula is C31H52. The summed E-state index contributed by atoms with van der Waals surface area (Å²) in [4.78, 5) is 0. The van der Waals surface area contributed by atoms with E-state index in [9.17, 15) is 0 Å². The van der Waals surface area contributed by atoms with Gasteiger partial charge in [0.25, 0.3) is 0 Å². The first-order chi connectivity index (χ1) is 15.0. The van der Waals surface area contributed by atoms with E-state index < -0.39 is 0 Å². The van der Waals surface area contributed by atoms with Crippen LogP contribution < -0.4 is 0 Å². The van der Waals surface area contributed by atoms with Crippen molar-refractivity contribution in [1.29, 1.82) is 0 Å². The number of aryl methyl sites for hydroxylation is 1. The number of benzene rings is 1. The SMILES string of the molecule is C=C(CCC)Cc1cc(CCCCC)cc2c1C1CC=CCC1C(C)(C)C2.CC.CC. The summed E-state index contributed by atoms with van der Waals surface area (Å²) in [6.07, 6.45) is 17.3. The predicted molar refractivity (Wildman–Crippen MR) is 142 cm³/mol. The van der Waals surface area contributed by atoms with Crippen LogP contribution >= 0.6 is 0 Å². The molecule has 0 amide bonds. The molecule has 2 unspecified atom stereocenters. The third-order valence-corrected chi connectivity index (χ3v) is 6.98. The quantitative estimate of drug-likeness (QED) is 0.287. The maximum absolute atomic E-state index is 4.41. The Kier molecular flexibility index (Phi) is 12.5. The highest BCUT2D eigenvalue weighted by molar-refractivity contribution is 5.47. The van der Waals surface area contributed by atoms with Gasteiger partial charge in [0.05, 0.1) is 0 Å². The summed E-state index contributed by atoms with van der Waals surface area (Å²) >= 11 is 0. The van der Waals surface area contributed by atoms with E-state index in [-0.39, 0.29) is 0 Å². The molecule has 3 rings (SSSR count). The second-order valence-electron chi connectivity index (χ2n) is 9.78. The lowest BCUT2D eigenvalue weighted by molar-refractivity contribution is 0.153. The minimum atomic E-state index is 0.405. The second-order valence-corrected chi connectivity index (χ2v) is 9.78. The van der Waals surface area contributed by atoms with Crippen LogP contribution in [0.1, 0.15) is 129 Å². The summed E-state index contributed by atoms with van der Waals surface area (Å²) in [6.45, 7) is 22.0. The number of allylic oxidation sites excluding steroid dienone is 3. The molecule has 0 spiro atoms. The molecule has 0 heterocycles. The van der Waals surface area contributed by atoms with E-state index in [1.54, 1.807) is 22.3 Å². The minimum Gasteiger partial charge on any atom is -0.0995 e. The lowest BCUT2D eigenvalue weighted by atomic mass is 9.57. The third-order valence-electron chi connectivity index (χ3n) is 6.98. The molecule has 1 aromatic carbocycles. The Morgan fingerprint density at radius 1 is 0.968 bits per heavy atom. The lowest BCUT2D eigenvalue weighted by Crippen LogP contribution is -2.38. The Morgan fingerprint density at radius 3 is 2.29 bits per heavy atom. The van der Waals surface area contributed by atoms with Crippen LogP contribution in [-0.4, -0.2) is 0 Å². The van der Waals surface area contributed by atoms with Crippen molar-refractivity contribution in [1.82, 2.24) is 0 Å². The molecule has 0 aromatic heterocycles. The molecule has 0 bridgehead atoms. The molecule has 0 aliphatic heterocycles. The largest absolute Gasteiger partial charge is 0.0995 e. The van der Waals surface area contributed by atoms with E-state index >= 15 is 0 Å². The van der Waals surface area contributed by atoms with Crippen LogP contribution in [0.3, 0.4) is 0 Å². The molecule has 0 saturated heterocycles. The van der Waals surface area contributed by atoms with Crippen molar-refractivity contribution in [3.8, 4) is 0 Å². The first-order valence-electron chi connectivity index (χ1n) is 13.4. The molecule has 0 radical (unpaired) electrons. The molecule has 0 nitrogen and oxygen atoms in total. The molecule has 176 valence electrons. The van der Waals surface area contributed by atoms with Crippen LogP contribution in [0.5, 0.6) is 0 Å². The number of hydrogen-bond donors (Lipinski definition) is 0. The molecule has 31 heavy (non-hydrogen) atoms. The molecular weight excluding hydrogens is 372 g/mol. The van der Waals surface area contributed by atoms with Crippen molar-refractivity contribution in [2.45, 2.75) is 126 Å². The number of unbranched alkanes of at least 4 members (excludes halogenated alkanes) is 2. The molecule has 1 aromatic rings. The minimum absolute atomic E-state index is 0.405. The molecule has 2 aliphatic carbocycles. The van der Waals surface area contributed by atoms with E-state index in [4.69, 9.17) is 0 Å². The summed E-state index contributed by atoms with van der Waals surface area (Å²) in [5.74, 6) is 1.50. The van der Waals surface area contributed by atoms with E-state index in [1.807, 2.05) is 27.7 Å². The van der Waals surface area contributed by atoms with Gasteiger partial charge in [0, 0.05) is 0 Å². The van der Waals surface area contributed by atoms with E-state index in [1.165, 1.54) is 56.9 Å². The summed E-state index contributed by atoms with van der Waals surface area (Å²) in [5.41, 5.74) is 8.37. The summed E-state index contributed by atoms with van der Waals surface area (Å²) in [5, 5.41) is 0. The number of fused-ring (bicyclic) bond motifs is 3. The van der Waals surface area contributed by atoms with Crippen LogP contribution in [0.4, 0.5) is 0 Å². The van der Waals surface area contributed by atoms with Crippen LogP contribution in [0.25, 0.3) is 0 Å². The zero-order valence-corrected chi connectivity index (χ0v) is 22.2. The molecule has 0 heteroatoms. The second kappa shape index (κ2) is 14.0. The fourth-order valence-corrected chi connectivity index (χ4v) is 5.67. The van der Waals surface area contributed by atoms with Crippen LogP contribution in [-0.2, 0) is 19.3 Å². The Balaban J connectivity index is 0.00000113.